The number of aromatic nitrogens is 1. The standard InChI is InChI=1S/C27H21Cl2N5O2/c1-15-4-5-19(33-27(36)32-17-7-9-22(28)23(29)12-17)13-24(15)31-18-6-8-20-21(11-16-3-2-10-30-16)26(35)34-25(20)14-18/h2-14,30-31H,1H3,(H,34,35)(H2,32,33,36). The zero-order valence-electron chi connectivity index (χ0n) is 19.1. The first-order chi connectivity index (χ1) is 17.4. The van der Waals surface area contributed by atoms with Crippen LogP contribution >= 0.6 is 23.2 Å². The lowest BCUT2D eigenvalue weighted by molar-refractivity contribution is -0.110. The Bertz CT molecular complexity index is 1510. The average Bonchev–Trinajstić information content (AvgIpc) is 3.46. The first-order valence-corrected chi connectivity index (χ1v) is 11.8. The van der Waals surface area contributed by atoms with Crippen molar-refractivity contribution in [2.24, 2.45) is 0 Å². The van der Waals surface area contributed by atoms with Crippen molar-refractivity contribution >= 4 is 75.2 Å². The second-order valence-electron chi connectivity index (χ2n) is 8.26. The normalized spacial score (nSPS) is 13.3. The fourth-order valence-corrected chi connectivity index (χ4v) is 4.16. The maximum Gasteiger partial charge on any atom is 0.323 e. The van der Waals surface area contributed by atoms with Gasteiger partial charge < -0.3 is 26.3 Å². The zero-order valence-corrected chi connectivity index (χ0v) is 20.6. The van der Waals surface area contributed by atoms with E-state index in [-0.39, 0.29) is 5.91 Å². The highest BCUT2D eigenvalue weighted by Gasteiger charge is 2.24. The number of benzene rings is 3. The third-order valence-corrected chi connectivity index (χ3v) is 6.42. The van der Waals surface area contributed by atoms with E-state index in [1.165, 1.54) is 0 Å². The van der Waals surface area contributed by atoms with Gasteiger partial charge in [-0.1, -0.05) is 35.3 Å². The second kappa shape index (κ2) is 9.81. The summed E-state index contributed by atoms with van der Waals surface area (Å²) in [6.07, 6.45) is 3.64. The van der Waals surface area contributed by atoms with Crippen molar-refractivity contribution in [2.45, 2.75) is 6.92 Å². The average molecular weight is 518 g/mol. The molecule has 0 bridgehead atoms. The molecule has 3 aromatic carbocycles. The third kappa shape index (κ3) is 5.07. The lowest BCUT2D eigenvalue weighted by Gasteiger charge is -2.14. The molecule has 1 aliphatic rings. The van der Waals surface area contributed by atoms with Crippen molar-refractivity contribution in [3.8, 4) is 0 Å². The summed E-state index contributed by atoms with van der Waals surface area (Å²) in [6.45, 7) is 1.97. The minimum Gasteiger partial charge on any atom is -0.362 e. The van der Waals surface area contributed by atoms with Gasteiger partial charge in [0, 0.05) is 40.2 Å². The number of urea groups is 1. The summed E-state index contributed by atoms with van der Waals surface area (Å²) in [5.41, 5.74) is 6.77. The smallest absolute Gasteiger partial charge is 0.323 e. The molecule has 0 spiro atoms. The number of hydrogen-bond acceptors (Lipinski definition) is 3. The summed E-state index contributed by atoms with van der Waals surface area (Å²) in [7, 11) is 0. The number of aromatic amines is 1. The maximum absolute atomic E-state index is 12.5. The lowest BCUT2D eigenvalue weighted by Crippen LogP contribution is -2.19. The number of H-pyrrole nitrogens is 1. The number of halogens is 2. The van der Waals surface area contributed by atoms with Gasteiger partial charge in [0.15, 0.2) is 0 Å². The maximum atomic E-state index is 12.5. The molecule has 4 aromatic rings. The number of hydrogen-bond donors (Lipinski definition) is 5. The lowest BCUT2D eigenvalue weighted by atomic mass is 10.1. The van der Waals surface area contributed by atoms with Crippen molar-refractivity contribution in [1.29, 1.82) is 0 Å². The molecule has 9 heteroatoms. The van der Waals surface area contributed by atoms with Gasteiger partial charge in [-0.3, -0.25) is 4.79 Å². The van der Waals surface area contributed by atoms with E-state index in [9.17, 15) is 9.59 Å². The number of amides is 3. The predicted molar refractivity (Wildman–Crippen MR) is 147 cm³/mol. The van der Waals surface area contributed by atoms with Crippen molar-refractivity contribution in [1.82, 2.24) is 4.98 Å². The van der Waals surface area contributed by atoms with Crippen molar-refractivity contribution in [3.05, 3.63) is 99.8 Å². The van der Waals surface area contributed by atoms with E-state index in [4.69, 9.17) is 23.2 Å². The van der Waals surface area contributed by atoms with Crippen LogP contribution in [0.5, 0.6) is 0 Å². The molecule has 3 amide bonds. The molecule has 0 unspecified atom stereocenters. The van der Waals surface area contributed by atoms with Gasteiger partial charge in [-0.15, -0.1) is 0 Å². The molecule has 1 aliphatic heterocycles. The van der Waals surface area contributed by atoms with Crippen LogP contribution in [-0.2, 0) is 4.79 Å². The Kier molecular flexibility index (Phi) is 6.41. The first kappa shape index (κ1) is 23.5. The van der Waals surface area contributed by atoms with Crippen LogP contribution in [0.25, 0.3) is 11.6 Å². The molecule has 0 aliphatic carbocycles. The molecule has 0 fully saturated rings. The molecule has 0 atom stereocenters. The molecule has 5 rings (SSSR count). The Labute approximate surface area is 217 Å². The van der Waals surface area contributed by atoms with Crippen molar-refractivity contribution < 1.29 is 9.59 Å². The fraction of sp³-hybridized carbons (Fsp3) is 0.0370. The van der Waals surface area contributed by atoms with E-state index in [2.05, 4.69) is 26.3 Å². The number of fused-ring (bicyclic) bond motifs is 1. The summed E-state index contributed by atoms with van der Waals surface area (Å²) in [4.78, 5) is 28.1. The highest BCUT2D eigenvalue weighted by Crippen LogP contribution is 2.36. The number of carbonyl (C=O) groups excluding carboxylic acids is 2. The minimum atomic E-state index is -0.412. The molecule has 0 saturated carbocycles. The Balaban J connectivity index is 1.31. The van der Waals surface area contributed by atoms with Crippen LogP contribution in [0.1, 0.15) is 16.8 Å². The number of rotatable bonds is 5. The van der Waals surface area contributed by atoms with Gasteiger partial charge >= 0.3 is 6.03 Å². The minimum absolute atomic E-state index is 0.146. The third-order valence-electron chi connectivity index (χ3n) is 5.68. The monoisotopic (exact) mass is 517 g/mol. The largest absolute Gasteiger partial charge is 0.362 e. The summed E-state index contributed by atoms with van der Waals surface area (Å²) >= 11 is 11.9. The van der Waals surface area contributed by atoms with E-state index in [0.29, 0.717) is 27.0 Å². The van der Waals surface area contributed by atoms with Crippen LogP contribution in [0.15, 0.2) is 72.9 Å². The van der Waals surface area contributed by atoms with Crippen molar-refractivity contribution in [3.63, 3.8) is 0 Å². The van der Waals surface area contributed by atoms with Gasteiger partial charge in [-0.05, 0) is 73.2 Å². The molecule has 180 valence electrons. The zero-order chi connectivity index (χ0) is 25.2. The van der Waals surface area contributed by atoms with Gasteiger partial charge in [-0.2, -0.15) is 0 Å². The fourth-order valence-electron chi connectivity index (χ4n) is 3.86. The molecule has 0 saturated heterocycles. The van der Waals surface area contributed by atoms with Gasteiger partial charge in [0.25, 0.3) is 5.91 Å². The van der Waals surface area contributed by atoms with E-state index < -0.39 is 6.03 Å². The molecule has 7 nitrogen and oxygen atoms in total. The van der Waals surface area contributed by atoms with Crippen LogP contribution in [0.2, 0.25) is 10.0 Å². The molecular formula is C27H21Cl2N5O2. The van der Waals surface area contributed by atoms with Gasteiger partial charge in [0.2, 0.25) is 0 Å². The van der Waals surface area contributed by atoms with E-state index in [0.717, 1.165) is 33.9 Å². The molecule has 36 heavy (non-hydrogen) atoms. The second-order valence-corrected chi connectivity index (χ2v) is 9.08. The van der Waals surface area contributed by atoms with Gasteiger partial charge in [-0.25, -0.2) is 4.79 Å². The highest BCUT2D eigenvalue weighted by molar-refractivity contribution is 6.42. The first-order valence-electron chi connectivity index (χ1n) is 11.1. The number of carbonyl (C=O) groups is 2. The summed E-state index contributed by atoms with van der Waals surface area (Å²) in [5.74, 6) is -0.146. The van der Waals surface area contributed by atoms with E-state index in [1.807, 2.05) is 67.7 Å². The quantitative estimate of drug-likeness (QED) is 0.177. The van der Waals surface area contributed by atoms with Crippen LogP contribution in [0.3, 0.4) is 0 Å². The molecular weight excluding hydrogens is 497 g/mol. The van der Waals surface area contributed by atoms with Gasteiger partial charge in [0.1, 0.15) is 0 Å². The molecule has 0 radical (unpaired) electrons. The SMILES string of the molecule is Cc1ccc(NC(=O)Nc2ccc(Cl)c(Cl)c2)cc1Nc1ccc2c(c1)NC(=O)C2=Cc1ccc[nH]1. The molecule has 5 N–H and O–H groups in total. The highest BCUT2D eigenvalue weighted by atomic mass is 35.5. The summed E-state index contributed by atoms with van der Waals surface area (Å²) in [6, 6.07) is 19.5. The number of aryl methyl sites for hydroxylation is 1. The van der Waals surface area contributed by atoms with Crippen LogP contribution in [0, 0.1) is 6.92 Å². The molecule has 2 heterocycles. The number of anilines is 5. The Morgan fingerprint density at radius 2 is 1.64 bits per heavy atom. The van der Waals surface area contributed by atoms with Crippen LogP contribution in [-0.4, -0.2) is 16.9 Å². The Hall–Kier alpha value is -4.20. The van der Waals surface area contributed by atoms with Crippen LogP contribution in [0.4, 0.5) is 33.2 Å². The van der Waals surface area contributed by atoms with E-state index in [1.54, 1.807) is 18.2 Å². The van der Waals surface area contributed by atoms with E-state index >= 15 is 0 Å². The molecule has 1 aromatic heterocycles. The summed E-state index contributed by atoms with van der Waals surface area (Å²) < 4.78 is 0. The topological polar surface area (TPSA) is 98.0 Å². The Morgan fingerprint density at radius 1 is 0.889 bits per heavy atom. The predicted octanol–water partition coefficient (Wildman–Crippen LogP) is 7.51. The Morgan fingerprint density at radius 3 is 2.39 bits per heavy atom. The van der Waals surface area contributed by atoms with Gasteiger partial charge in [0.05, 0.1) is 21.3 Å². The van der Waals surface area contributed by atoms with Crippen LogP contribution < -0.4 is 21.3 Å². The van der Waals surface area contributed by atoms with Crippen molar-refractivity contribution in [2.75, 3.05) is 21.3 Å². The number of nitrogens with one attached hydrogen (secondary N) is 5. The summed E-state index contributed by atoms with van der Waals surface area (Å²) in [5, 5.41) is 12.6.